The van der Waals surface area contributed by atoms with E-state index in [2.05, 4.69) is 15.5 Å². The Labute approximate surface area is 237 Å². The summed E-state index contributed by atoms with van der Waals surface area (Å²) in [5.74, 6) is 0.0191. The summed E-state index contributed by atoms with van der Waals surface area (Å²) < 4.78 is 5.63. The van der Waals surface area contributed by atoms with Crippen molar-refractivity contribution >= 4 is 63.7 Å². The van der Waals surface area contributed by atoms with Crippen LogP contribution in [0.25, 0.3) is 0 Å². The topological polar surface area (TPSA) is 73.9 Å². The molecule has 4 rings (SSSR count). The Hall–Kier alpha value is -3.33. The molecule has 3 aromatic carbocycles. The summed E-state index contributed by atoms with van der Waals surface area (Å²) in [6, 6.07) is 20.2. The van der Waals surface area contributed by atoms with Gasteiger partial charge in [-0.25, -0.2) is 0 Å². The number of hydrogen-bond acceptors (Lipinski definition) is 5. The molecule has 7 nitrogen and oxygen atoms in total. The first-order valence-electron chi connectivity index (χ1n) is 12.1. The molecule has 198 valence electrons. The highest BCUT2D eigenvalue weighted by Crippen LogP contribution is 2.28. The fourth-order valence-electron chi connectivity index (χ4n) is 4.10. The van der Waals surface area contributed by atoms with Gasteiger partial charge in [0.1, 0.15) is 5.75 Å². The number of amides is 2. The molecule has 1 unspecified atom stereocenters. The molecule has 0 spiro atoms. The highest BCUT2D eigenvalue weighted by Gasteiger charge is 2.23. The fourth-order valence-corrected chi connectivity index (χ4v) is 4.77. The molecule has 0 aliphatic carbocycles. The predicted molar refractivity (Wildman–Crippen MR) is 157 cm³/mol. The Balaban J connectivity index is 1.25. The third-order valence-electron chi connectivity index (χ3n) is 6.24. The Bertz CT molecular complexity index is 1330. The minimum absolute atomic E-state index is 0.0776. The van der Waals surface area contributed by atoms with Crippen LogP contribution in [0.2, 0.25) is 10.0 Å². The van der Waals surface area contributed by atoms with Crippen LogP contribution in [0.5, 0.6) is 5.75 Å². The van der Waals surface area contributed by atoms with Crippen LogP contribution in [-0.2, 0) is 4.79 Å². The average molecular weight is 572 g/mol. The predicted octanol–water partition coefficient (Wildman–Crippen LogP) is 5.54. The number of carbonyl (C=O) groups is 2. The van der Waals surface area contributed by atoms with Crippen molar-refractivity contribution in [3.8, 4) is 5.75 Å². The molecule has 0 saturated carbocycles. The van der Waals surface area contributed by atoms with Crippen molar-refractivity contribution in [2.45, 2.75) is 20.0 Å². The number of halogens is 2. The molecule has 3 aromatic rings. The number of nitrogens with zero attached hydrogens (tertiary/aromatic N) is 2. The van der Waals surface area contributed by atoms with Gasteiger partial charge in [-0.1, -0.05) is 41.4 Å². The van der Waals surface area contributed by atoms with E-state index >= 15 is 0 Å². The number of carbonyl (C=O) groups excluding carboxylic acids is 2. The lowest BCUT2D eigenvalue weighted by Crippen LogP contribution is -2.48. The standard InChI is InChI=1S/C28H28Cl2N4O3S/c1-18-5-3-4-6-23(18)27(36)34-15-13-33(14-16-34)22-10-8-21(9-11-22)31-28(38)32-26(35)19(2)37-25-12-7-20(29)17-24(25)30/h3-12,17,19H,13-16H2,1-2H3,(H2,31,32,35,38). The third-order valence-corrected chi connectivity index (χ3v) is 6.97. The van der Waals surface area contributed by atoms with Crippen LogP contribution in [0, 0.1) is 6.92 Å². The first kappa shape index (κ1) is 27.7. The quantitative estimate of drug-likeness (QED) is 0.379. The highest BCUT2D eigenvalue weighted by molar-refractivity contribution is 7.80. The molecule has 1 heterocycles. The summed E-state index contributed by atoms with van der Waals surface area (Å²) in [4.78, 5) is 29.5. The van der Waals surface area contributed by atoms with Gasteiger partial charge in [0.15, 0.2) is 11.2 Å². The van der Waals surface area contributed by atoms with Crippen LogP contribution in [0.3, 0.4) is 0 Å². The smallest absolute Gasteiger partial charge is 0.266 e. The Morgan fingerprint density at radius 3 is 2.32 bits per heavy atom. The molecule has 0 radical (unpaired) electrons. The largest absolute Gasteiger partial charge is 0.479 e. The van der Waals surface area contributed by atoms with E-state index in [1.54, 1.807) is 25.1 Å². The summed E-state index contributed by atoms with van der Waals surface area (Å²) in [5.41, 5.74) is 3.54. The van der Waals surface area contributed by atoms with Crippen molar-refractivity contribution in [3.05, 3.63) is 87.9 Å². The molecule has 2 amide bonds. The lowest BCUT2D eigenvalue weighted by Gasteiger charge is -2.36. The second-order valence-corrected chi connectivity index (χ2v) is 10.2. The molecular weight excluding hydrogens is 543 g/mol. The Kier molecular flexibility index (Phi) is 9.09. The van der Waals surface area contributed by atoms with Gasteiger partial charge in [-0.3, -0.25) is 14.9 Å². The van der Waals surface area contributed by atoms with E-state index in [4.69, 9.17) is 40.2 Å². The fraction of sp³-hybridized carbons (Fsp3) is 0.250. The minimum atomic E-state index is -0.827. The number of anilines is 2. The maximum absolute atomic E-state index is 12.9. The van der Waals surface area contributed by atoms with Crippen molar-refractivity contribution in [2.24, 2.45) is 0 Å². The summed E-state index contributed by atoms with van der Waals surface area (Å²) in [7, 11) is 0. The number of thiocarbonyl (C=S) groups is 1. The van der Waals surface area contributed by atoms with Crippen molar-refractivity contribution in [1.82, 2.24) is 10.2 Å². The van der Waals surface area contributed by atoms with Crippen LogP contribution < -0.4 is 20.3 Å². The van der Waals surface area contributed by atoms with Gasteiger partial charge in [-0.15, -0.1) is 0 Å². The van der Waals surface area contributed by atoms with Gasteiger partial charge in [0.05, 0.1) is 5.02 Å². The van der Waals surface area contributed by atoms with Crippen LogP contribution in [0.15, 0.2) is 66.7 Å². The average Bonchev–Trinajstić information content (AvgIpc) is 2.90. The molecule has 0 aromatic heterocycles. The maximum atomic E-state index is 12.9. The molecular formula is C28H28Cl2N4O3S. The van der Waals surface area contributed by atoms with Gasteiger partial charge in [0, 0.05) is 48.1 Å². The van der Waals surface area contributed by atoms with E-state index in [1.807, 2.05) is 60.4 Å². The van der Waals surface area contributed by atoms with E-state index in [1.165, 1.54) is 0 Å². The van der Waals surface area contributed by atoms with Crippen molar-refractivity contribution in [1.29, 1.82) is 0 Å². The van der Waals surface area contributed by atoms with Crippen molar-refractivity contribution < 1.29 is 14.3 Å². The second-order valence-electron chi connectivity index (χ2n) is 8.92. The van der Waals surface area contributed by atoms with Gasteiger partial charge in [-0.05, 0) is 80.2 Å². The van der Waals surface area contributed by atoms with E-state index in [0.29, 0.717) is 28.9 Å². The zero-order valence-electron chi connectivity index (χ0n) is 21.0. The van der Waals surface area contributed by atoms with Crippen LogP contribution in [-0.4, -0.2) is 54.1 Å². The van der Waals surface area contributed by atoms with Crippen molar-refractivity contribution in [2.75, 3.05) is 36.4 Å². The van der Waals surface area contributed by atoms with Gasteiger partial charge in [0.25, 0.3) is 11.8 Å². The van der Waals surface area contributed by atoms with E-state index in [-0.39, 0.29) is 11.0 Å². The number of benzene rings is 3. The van der Waals surface area contributed by atoms with Gasteiger partial charge in [0.2, 0.25) is 0 Å². The number of nitrogens with one attached hydrogen (secondary N) is 2. The van der Waals surface area contributed by atoms with Crippen LogP contribution >= 0.6 is 35.4 Å². The van der Waals surface area contributed by atoms with E-state index in [0.717, 1.165) is 35.6 Å². The molecule has 10 heteroatoms. The highest BCUT2D eigenvalue weighted by atomic mass is 35.5. The molecule has 1 aliphatic heterocycles. The number of aryl methyl sites for hydroxylation is 1. The SMILES string of the molecule is Cc1ccccc1C(=O)N1CCN(c2ccc(NC(=S)NC(=O)C(C)Oc3ccc(Cl)cc3Cl)cc2)CC1. The zero-order valence-corrected chi connectivity index (χ0v) is 23.4. The molecule has 1 saturated heterocycles. The maximum Gasteiger partial charge on any atom is 0.266 e. The summed E-state index contributed by atoms with van der Waals surface area (Å²) in [6.45, 7) is 6.37. The lowest BCUT2D eigenvalue weighted by molar-refractivity contribution is -0.125. The van der Waals surface area contributed by atoms with Gasteiger partial charge in [-0.2, -0.15) is 0 Å². The normalized spacial score (nSPS) is 14.0. The number of ether oxygens (including phenoxy) is 1. The number of rotatable bonds is 6. The van der Waals surface area contributed by atoms with E-state index in [9.17, 15) is 9.59 Å². The van der Waals surface area contributed by atoms with Crippen LogP contribution in [0.4, 0.5) is 11.4 Å². The Morgan fingerprint density at radius 2 is 1.66 bits per heavy atom. The summed E-state index contributed by atoms with van der Waals surface area (Å²) in [5, 5.41) is 6.60. The molecule has 2 N–H and O–H groups in total. The molecule has 1 atom stereocenters. The second kappa shape index (κ2) is 12.5. The molecule has 1 aliphatic rings. The summed E-state index contributed by atoms with van der Waals surface area (Å²) in [6.07, 6.45) is -0.827. The molecule has 1 fully saturated rings. The molecule has 38 heavy (non-hydrogen) atoms. The first-order valence-corrected chi connectivity index (χ1v) is 13.3. The first-order chi connectivity index (χ1) is 18.2. The van der Waals surface area contributed by atoms with Crippen LogP contribution in [0.1, 0.15) is 22.8 Å². The number of piperazine rings is 1. The summed E-state index contributed by atoms with van der Waals surface area (Å²) >= 11 is 17.3. The third kappa shape index (κ3) is 6.95. The zero-order chi connectivity index (χ0) is 27.2. The van der Waals surface area contributed by atoms with E-state index < -0.39 is 12.0 Å². The van der Waals surface area contributed by atoms with Gasteiger partial charge >= 0.3 is 0 Å². The molecule has 0 bridgehead atoms. The van der Waals surface area contributed by atoms with Gasteiger partial charge < -0.3 is 19.9 Å². The monoisotopic (exact) mass is 570 g/mol. The Morgan fingerprint density at radius 1 is 0.974 bits per heavy atom. The van der Waals surface area contributed by atoms with Crippen molar-refractivity contribution in [3.63, 3.8) is 0 Å². The number of hydrogen-bond donors (Lipinski definition) is 2. The minimum Gasteiger partial charge on any atom is -0.479 e. The lowest BCUT2D eigenvalue weighted by atomic mass is 10.1.